The van der Waals surface area contributed by atoms with Crippen LogP contribution in [0, 0.1) is 17.6 Å². The van der Waals surface area contributed by atoms with Crippen LogP contribution in [-0.4, -0.2) is 12.5 Å². The normalized spacial score (nSPS) is 19.9. The van der Waals surface area contributed by atoms with Gasteiger partial charge in [0.2, 0.25) is 5.91 Å². The first-order valence-corrected chi connectivity index (χ1v) is 5.37. The highest BCUT2D eigenvalue weighted by Gasteiger charge is 2.24. The molecule has 1 N–H and O–H groups in total. The van der Waals surface area contributed by atoms with Gasteiger partial charge in [-0.3, -0.25) is 4.79 Å². The van der Waals surface area contributed by atoms with E-state index >= 15 is 0 Å². The van der Waals surface area contributed by atoms with Crippen molar-refractivity contribution in [1.82, 2.24) is 5.32 Å². The maximum absolute atomic E-state index is 13.1. The standard InChI is InChI=1S/C11H10ClF2NO/c12-10-8(13)4-6(5-9(10)14)3-7-1-2-15-11(7)16/h4-5,7H,1-3H2,(H,15,16). The first-order chi connectivity index (χ1) is 7.58. The Bertz CT molecular complexity index is 413. The van der Waals surface area contributed by atoms with E-state index in [-0.39, 0.29) is 11.8 Å². The third kappa shape index (κ3) is 2.16. The van der Waals surface area contributed by atoms with Gasteiger partial charge in [0.15, 0.2) is 0 Å². The fourth-order valence-electron chi connectivity index (χ4n) is 1.85. The summed E-state index contributed by atoms with van der Waals surface area (Å²) in [5.74, 6) is -1.82. The topological polar surface area (TPSA) is 29.1 Å². The molecule has 1 saturated heterocycles. The summed E-state index contributed by atoms with van der Waals surface area (Å²) in [6, 6.07) is 2.36. The van der Waals surface area contributed by atoms with Gasteiger partial charge in [0.25, 0.3) is 0 Å². The molecule has 0 radical (unpaired) electrons. The molecule has 0 aliphatic carbocycles. The van der Waals surface area contributed by atoms with Gasteiger partial charge in [-0.1, -0.05) is 11.6 Å². The van der Waals surface area contributed by atoms with Crippen molar-refractivity contribution in [3.8, 4) is 0 Å². The van der Waals surface area contributed by atoms with Crippen molar-refractivity contribution >= 4 is 17.5 Å². The monoisotopic (exact) mass is 245 g/mol. The highest BCUT2D eigenvalue weighted by molar-refractivity contribution is 6.30. The number of carbonyl (C=O) groups is 1. The summed E-state index contributed by atoms with van der Waals surface area (Å²) in [6.45, 7) is 0.627. The van der Waals surface area contributed by atoms with E-state index in [0.29, 0.717) is 24.9 Å². The minimum absolute atomic E-state index is 0.0595. The van der Waals surface area contributed by atoms with Gasteiger partial charge in [0.05, 0.1) is 0 Å². The molecule has 16 heavy (non-hydrogen) atoms. The van der Waals surface area contributed by atoms with E-state index in [4.69, 9.17) is 11.6 Å². The molecule has 0 spiro atoms. The molecule has 1 aliphatic rings. The van der Waals surface area contributed by atoms with E-state index in [1.165, 1.54) is 12.1 Å². The van der Waals surface area contributed by atoms with Crippen molar-refractivity contribution < 1.29 is 13.6 Å². The summed E-state index contributed by atoms with van der Waals surface area (Å²) >= 11 is 5.37. The van der Waals surface area contributed by atoms with E-state index in [0.717, 1.165) is 0 Å². The predicted octanol–water partition coefficient (Wildman–Crippen LogP) is 2.30. The molecule has 1 atom stereocenters. The Morgan fingerprint density at radius 2 is 2.00 bits per heavy atom. The number of benzene rings is 1. The lowest BCUT2D eigenvalue weighted by Crippen LogP contribution is -2.20. The Labute approximate surface area is 96.6 Å². The first-order valence-electron chi connectivity index (χ1n) is 4.99. The Morgan fingerprint density at radius 1 is 1.38 bits per heavy atom. The third-order valence-electron chi connectivity index (χ3n) is 2.69. The second kappa shape index (κ2) is 4.37. The van der Waals surface area contributed by atoms with E-state index in [1.807, 2.05) is 0 Å². The van der Waals surface area contributed by atoms with Gasteiger partial charge in [0.1, 0.15) is 16.7 Å². The van der Waals surface area contributed by atoms with Crippen molar-refractivity contribution in [3.63, 3.8) is 0 Å². The second-order valence-corrected chi connectivity index (χ2v) is 4.23. The summed E-state index contributed by atoms with van der Waals surface area (Å²) in [7, 11) is 0. The average Bonchev–Trinajstić information content (AvgIpc) is 2.61. The van der Waals surface area contributed by atoms with E-state index < -0.39 is 16.7 Å². The van der Waals surface area contributed by atoms with Crippen molar-refractivity contribution in [2.75, 3.05) is 6.54 Å². The lowest BCUT2D eigenvalue weighted by Gasteiger charge is -2.07. The molecule has 1 aromatic carbocycles. The molecule has 5 heteroatoms. The Morgan fingerprint density at radius 3 is 2.50 bits per heavy atom. The molecule has 0 saturated carbocycles. The van der Waals surface area contributed by atoms with Crippen molar-refractivity contribution in [1.29, 1.82) is 0 Å². The summed E-state index contributed by atoms with van der Waals surface area (Å²) < 4.78 is 26.3. The lowest BCUT2D eigenvalue weighted by atomic mass is 9.98. The summed E-state index contributed by atoms with van der Waals surface area (Å²) in [5.41, 5.74) is 0.460. The zero-order chi connectivity index (χ0) is 11.7. The number of rotatable bonds is 2. The molecule has 1 aliphatic heterocycles. The quantitative estimate of drug-likeness (QED) is 0.796. The van der Waals surface area contributed by atoms with E-state index in [2.05, 4.69) is 5.32 Å². The number of nitrogens with one attached hydrogen (secondary N) is 1. The fourth-order valence-corrected chi connectivity index (χ4v) is 1.96. The molecular formula is C11H10ClF2NO. The summed E-state index contributed by atoms with van der Waals surface area (Å²) in [6.07, 6.45) is 1.04. The van der Waals surface area contributed by atoms with Crippen molar-refractivity contribution in [2.24, 2.45) is 5.92 Å². The van der Waals surface area contributed by atoms with Crippen LogP contribution in [0.5, 0.6) is 0 Å². The SMILES string of the molecule is O=C1NCCC1Cc1cc(F)c(Cl)c(F)c1. The highest BCUT2D eigenvalue weighted by atomic mass is 35.5. The smallest absolute Gasteiger partial charge is 0.223 e. The molecule has 2 rings (SSSR count). The van der Waals surface area contributed by atoms with Crippen LogP contribution in [0.4, 0.5) is 8.78 Å². The lowest BCUT2D eigenvalue weighted by molar-refractivity contribution is -0.122. The van der Waals surface area contributed by atoms with E-state index in [9.17, 15) is 13.6 Å². The maximum atomic E-state index is 13.1. The van der Waals surface area contributed by atoms with Crippen LogP contribution in [0.2, 0.25) is 5.02 Å². The average molecular weight is 246 g/mol. The molecule has 1 heterocycles. The second-order valence-electron chi connectivity index (χ2n) is 3.85. The summed E-state index contributed by atoms with van der Waals surface area (Å²) in [4.78, 5) is 11.3. The van der Waals surface area contributed by atoms with Crippen LogP contribution in [-0.2, 0) is 11.2 Å². The van der Waals surface area contributed by atoms with Crippen molar-refractivity contribution in [2.45, 2.75) is 12.8 Å². The van der Waals surface area contributed by atoms with Gasteiger partial charge in [-0.2, -0.15) is 0 Å². The minimum atomic E-state index is -0.782. The number of hydrogen-bond acceptors (Lipinski definition) is 1. The zero-order valence-corrected chi connectivity index (χ0v) is 9.15. The van der Waals surface area contributed by atoms with Crippen molar-refractivity contribution in [3.05, 3.63) is 34.4 Å². The number of amides is 1. The Balaban J connectivity index is 2.18. The zero-order valence-electron chi connectivity index (χ0n) is 8.40. The maximum Gasteiger partial charge on any atom is 0.223 e. The minimum Gasteiger partial charge on any atom is -0.356 e. The molecule has 0 aromatic heterocycles. The summed E-state index contributed by atoms with van der Waals surface area (Å²) in [5, 5.41) is 2.18. The van der Waals surface area contributed by atoms with Gasteiger partial charge >= 0.3 is 0 Å². The molecule has 0 bridgehead atoms. The van der Waals surface area contributed by atoms with Crippen LogP contribution >= 0.6 is 11.6 Å². The molecule has 2 nitrogen and oxygen atoms in total. The predicted molar refractivity (Wildman–Crippen MR) is 56.2 cm³/mol. The van der Waals surface area contributed by atoms with E-state index in [1.54, 1.807) is 0 Å². The van der Waals surface area contributed by atoms with Crippen LogP contribution in [0.3, 0.4) is 0 Å². The van der Waals surface area contributed by atoms with Gasteiger partial charge in [-0.25, -0.2) is 8.78 Å². The first kappa shape index (κ1) is 11.3. The van der Waals surface area contributed by atoms with Crippen LogP contribution < -0.4 is 5.32 Å². The molecular weight excluding hydrogens is 236 g/mol. The molecule has 1 fully saturated rings. The third-order valence-corrected chi connectivity index (χ3v) is 3.05. The van der Waals surface area contributed by atoms with Gasteiger partial charge < -0.3 is 5.32 Å². The molecule has 1 aromatic rings. The Kier molecular flexibility index (Phi) is 3.10. The van der Waals surface area contributed by atoms with Gasteiger partial charge in [-0.15, -0.1) is 0 Å². The number of halogens is 3. The van der Waals surface area contributed by atoms with Crippen LogP contribution in [0.1, 0.15) is 12.0 Å². The van der Waals surface area contributed by atoms with Crippen LogP contribution in [0.25, 0.3) is 0 Å². The molecule has 1 amide bonds. The molecule has 86 valence electrons. The number of carbonyl (C=O) groups excluding carboxylic acids is 1. The Hall–Kier alpha value is -1.16. The molecule has 1 unspecified atom stereocenters. The van der Waals surface area contributed by atoms with Crippen LogP contribution in [0.15, 0.2) is 12.1 Å². The van der Waals surface area contributed by atoms with Gasteiger partial charge in [-0.05, 0) is 30.5 Å². The largest absolute Gasteiger partial charge is 0.356 e. The van der Waals surface area contributed by atoms with Gasteiger partial charge in [0, 0.05) is 12.5 Å². The highest BCUT2D eigenvalue weighted by Crippen LogP contribution is 2.23. The fraction of sp³-hybridized carbons (Fsp3) is 0.364. The number of hydrogen-bond donors (Lipinski definition) is 1.